The number of halogens is 2. The van der Waals surface area contributed by atoms with Crippen molar-refractivity contribution in [3.8, 4) is 17.4 Å². The Labute approximate surface area is 154 Å². The van der Waals surface area contributed by atoms with E-state index in [1.807, 2.05) is 0 Å². The number of amides is 1. The average Bonchev–Trinajstić information content (AvgIpc) is 2.68. The third kappa shape index (κ3) is 5.50. The molecule has 3 rings (SSSR count). The number of nitrogens with zero attached hydrogens (tertiary/aromatic N) is 1. The summed E-state index contributed by atoms with van der Waals surface area (Å²) in [5.74, 6) is -0.492. The first-order valence-electron chi connectivity index (χ1n) is 8.12. The van der Waals surface area contributed by atoms with Crippen LogP contribution in [0.1, 0.15) is 5.56 Å². The molecule has 27 heavy (non-hydrogen) atoms. The molecule has 1 amide bonds. The highest BCUT2D eigenvalue weighted by atomic mass is 19.1. The van der Waals surface area contributed by atoms with E-state index in [4.69, 9.17) is 9.47 Å². The quantitative estimate of drug-likeness (QED) is 0.686. The van der Waals surface area contributed by atoms with Gasteiger partial charge in [-0.3, -0.25) is 4.79 Å². The minimum atomic E-state index is -0.526. The van der Waals surface area contributed by atoms with Crippen molar-refractivity contribution >= 4 is 5.91 Å². The Balaban J connectivity index is 1.51. The highest BCUT2D eigenvalue weighted by molar-refractivity contribution is 5.77. The second-order valence-corrected chi connectivity index (χ2v) is 5.55. The lowest BCUT2D eigenvalue weighted by atomic mass is 10.2. The number of hydrogen-bond acceptors (Lipinski definition) is 4. The van der Waals surface area contributed by atoms with Gasteiger partial charge < -0.3 is 14.8 Å². The van der Waals surface area contributed by atoms with Crippen LogP contribution in [0.15, 0.2) is 66.9 Å². The molecule has 0 unspecified atom stereocenters. The molecule has 0 saturated heterocycles. The molecule has 0 bridgehead atoms. The summed E-state index contributed by atoms with van der Waals surface area (Å²) in [5.41, 5.74) is 0.751. The molecule has 0 saturated carbocycles. The Morgan fingerprint density at radius 2 is 1.81 bits per heavy atom. The Morgan fingerprint density at radius 1 is 1.04 bits per heavy atom. The number of aromatic nitrogens is 1. The smallest absolute Gasteiger partial charge is 0.258 e. The summed E-state index contributed by atoms with van der Waals surface area (Å²) in [6, 6.07) is 14.8. The van der Waals surface area contributed by atoms with Crippen molar-refractivity contribution < 1.29 is 23.0 Å². The molecular weight excluding hydrogens is 354 g/mol. The van der Waals surface area contributed by atoms with Gasteiger partial charge in [0, 0.05) is 18.8 Å². The second-order valence-electron chi connectivity index (χ2n) is 5.55. The van der Waals surface area contributed by atoms with Gasteiger partial charge in [-0.25, -0.2) is 13.8 Å². The molecule has 3 aromatic rings. The number of carbonyl (C=O) groups is 1. The summed E-state index contributed by atoms with van der Waals surface area (Å²) in [6.45, 7) is -0.0767. The van der Waals surface area contributed by atoms with Crippen LogP contribution < -0.4 is 14.8 Å². The maximum absolute atomic E-state index is 13.4. The van der Waals surface area contributed by atoms with E-state index < -0.39 is 11.7 Å². The lowest BCUT2D eigenvalue weighted by molar-refractivity contribution is -0.123. The Morgan fingerprint density at radius 3 is 2.59 bits per heavy atom. The molecule has 0 spiro atoms. The molecule has 1 heterocycles. The van der Waals surface area contributed by atoms with Crippen LogP contribution >= 0.6 is 0 Å². The Bertz CT molecular complexity index is 917. The van der Waals surface area contributed by atoms with E-state index >= 15 is 0 Å². The molecule has 0 atom stereocenters. The number of nitrogens with one attached hydrogen (secondary N) is 1. The number of para-hydroxylation sites is 1. The van der Waals surface area contributed by atoms with Gasteiger partial charge in [0.15, 0.2) is 18.2 Å². The van der Waals surface area contributed by atoms with Crippen molar-refractivity contribution in [3.63, 3.8) is 0 Å². The molecule has 138 valence electrons. The summed E-state index contributed by atoms with van der Waals surface area (Å²) in [7, 11) is 0. The fourth-order valence-corrected chi connectivity index (χ4v) is 2.20. The van der Waals surface area contributed by atoms with E-state index in [-0.39, 0.29) is 24.7 Å². The highest BCUT2D eigenvalue weighted by Crippen LogP contribution is 2.20. The summed E-state index contributed by atoms with van der Waals surface area (Å²) in [6.07, 6.45) is 1.54. The van der Waals surface area contributed by atoms with E-state index in [1.54, 1.807) is 18.2 Å². The molecular formula is C20H16F2N2O3. The summed E-state index contributed by atoms with van der Waals surface area (Å²) >= 11 is 0. The minimum absolute atomic E-state index is 0.0199. The van der Waals surface area contributed by atoms with Gasteiger partial charge in [0.05, 0.1) is 0 Å². The van der Waals surface area contributed by atoms with E-state index in [0.717, 1.165) is 5.56 Å². The predicted molar refractivity (Wildman–Crippen MR) is 94.5 cm³/mol. The first-order chi connectivity index (χ1) is 13.1. The van der Waals surface area contributed by atoms with Gasteiger partial charge in [-0.05, 0) is 48.0 Å². The molecule has 2 aromatic carbocycles. The first kappa shape index (κ1) is 18.3. The van der Waals surface area contributed by atoms with Gasteiger partial charge in [0.2, 0.25) is 5.88 Å². The first-order valence-corrected chi connectivity index (χ1v) is 8.12. The van der Waals surface area contributed by atoms with Crippen LogP contribution in [0, 0.1) is 11.6 Å². The third-order valence-corrected chi connectivity index (χ3v) is 3.52. The van der Waals surface area contributed by atoms with Crippen LogP contribution in [0.3, 0.4) is 0 Å². The predicted octanol–water partition coefficient (Wildman–Crippen LogP) is 3.85. The van der Waals surface area contributed by atoms with Crippen molar-refractivity contribution in [2.24, 2.45) is 0 Å². The zero-order valence-corrected chi connectivity index (χ0v) is 14.2. The molecule has 0 aliphatic carbocycles. The summed E-state index contributed by atoms with van der Waals surface area (Å²) < 4.78 is 37.0. The Kier molecular flexibility index (Phi) is 5.94. The van der Waals surface area contributed by atoms with Crippen molar-refractivity contribution in [2.45, 2.75) is 6.54 Å². The summed E-state index contributed by atoms with van der Waals surface area (Å²) in [4.78, 5) is 15.9. The lowest BCUT2D eigenvalue weighted by Gasteiger charge is -2.09. The van der Waals surface area contributed by atoms with E-state index in [9.17, 15) is 13.6 Å². The van der Waals surface area contributed by atoms with E-state index in [1.165, 1.54) is 48.7 Å². The number of pyridine rings is 1. The molecule has 7 heteroatoms. The van der Waals surface area contributed by atoms with Crippen molar-refractivity contribution in [2.75, 3.05) is 6.61 Å². The second kappa shape index (κ2) is 8.75. The van der Waals surface area contributed by atoms with Gasteiger partial charge >= 0.3 is 0 Å². The Hall–Kier alpha value is -3.48. The standard InChI is InChI=1S/C20H16F2N2O3/c21-15-5-7-16(8-6-15)27-20-11-14(9-10-23-20)12-24-19(25)13-26-18-4-2-1-3-17(18)22/h1-11H,12-13H2,(H,24,25). The maximum Gasteiger partial charge on any atom is 0.258 e. The monoisotopic (exact) mass is 370 g/mol. The van der Waals surface area contributed by atoms with Gasteiger partial charge in [0.25, 0.3) is 5.91 Å². The van der Waals surface area contributed by atoms with Crippen LogP contribution in [0.25, 0.3) is 0 Å². The maximum atomic E-state index is 13.4. The van der Waals surface area contributed by atoms with Crippen LogP contribution in [0.2, 0.25) is 0 Å². The third-order valence-electron chi connectivity index (χ3n) is 3.52. The number of rotatable bonds is 7. The molecule has 0 aliphatic rings. The van der Waals surface area contributed by atoms with E-state index in [0.29, 0.717) is 11.6 Å². The largest absolute Gasteiger partial charge is 0.481 e. The normalized spacial score (nSPS) is 10.3. The fourth-order valence-electron chi connectivity index (χ4n) is 2.20. The van der Waals surface area contributed by atoms with Crippen LogP contribution in [0.5, 0.6) is 17.4 Å². The zero-order valence-electron chi connectivity index (χ0n) is 14.2. The number of hydrogen-bond donors (Lipinski definition) is 1. The average molecular weight is 370 g/mol. The molecule has 5 nitrogen and oxygen atoms in total. The van der Waals surface area contributed by atoms with Crippen molar-refractivity contribution in [3.05, 3.63) is 84.1 Å². The van der Waals surface area contributed by atoms with Crippen molar-refractivity contribution in [1.82, 2.24) is 10.3 Å². The van der Waals surface area contributed by atoms with Gasteiger partial charge in [-0.15, -0.1) is 0 Å². The summed E-state index contributed by atoms with van der Waals surface area (Å²) in [5, 5.41) is 2.67. The molecule has 0 radical (unpaired) electrons. The van der Waals surface area contributed by atoms with Gasteiger partial charge in [-0.1, -0.05) is 12.1 Å². The van der Waals surface area contributed by atoms with Crippen LogP contribution in [-0.2, 0) is 11.3 Å². The fraction of sp³-hybridized carbons (Fsp3) is 0.100. The molecule has 0 fully saturated rings. The molecule has 1 aromatic heterocycles. The van der Waals surface area contributed by atoms with Crippen LogP contribution in [0.4, 0.5) is 8.78 Å². The number of ether oxygens (including phenoxy) is 2. The van der Waals surface area contributed by atoms with Crippen molar-refractivity contribution in [1.29, 1.82) is 0 Å². The van der Waals surface area contributed by atoms with Gasteiger partial charge in [0.1, 0.15) is 11.6 Å². The minimum Gasteiger partial charge on any atom is -0.481 e. The lowest BCUT2D eigenvalue weighted by Crippen LogP contribution is -2.28. The molecule has 1 N–H and O–H groups in total. The van der Waals surface area contributed by atoms with E-state index in [2.05, 4.69) is 10.3 Å². The number of carbonyl (C=O) groups excluding carboxylic acids is 1. The topological polar surface area (TPSA) is 60.5 Å². The SMILES string of the molecule is O=C(COc1ccccc1F)NCc1ccnc(Oc2ccc(F)cc2)c1. The van der Waals surface area contributed by atoms with Crippen LogP contribution in [-0.4, -0.2) is 17.5 Å². The highest BCUT2D eigenvalue weighted by Gasteiger charge is 2.07. The number of benzene rings is 2. The zero-order chi connectivity index (χ0) is 19.1. The van der Waals surface area contributed by atoms with Gasteiger partial charge in [-0.2, -0.15) is 0 Å². The molecule has 0 aliphatic heterocycles.